The predicted molar refractivity (Wildman–Crippen MR) is 70.7 cm³/mol. The number of hydrogen-bond acceptors (Lipinski definition) is 7. The first-order valence-corrected chi connectivity index (χ1v) is 6.85. The van der Waals surface area contributed by atoms with Crippen LogP contribution in [0.15, 0.2) is 5.38 Å². The molecule has 0 saturated carbocycles. The molecular formula is C10H13N3O3S2. The SMILES string of the molecule is CCOC(=O)Cc1csc(N2C(=O)CNC2S)n1. The maximum Gasteiger partial charge on any atom is 0.311 e. The molecule has 0 aliphatic carbocycles. The highest BCUT2D eigenvalue weighted by molar-refractivity contribution is 7.81. The summed E-state index contributed by atoms with van der Waals surface area (Å²) in [5, 5.41) is 5.20. The van der Waals surface area contributed by atoms with Crippen LogP contribution >= 0.6 is 24.0 Å². The number of anilines is 1. The first-order valence-electron chi connectivity index (χ1n) is 5.45. The third-order valence-corrected chi connectivity index (χ3v) is 3.63. The molecular weight excluding hydrogens is 274 g/mol. The van der Waals surface area contributed by atoms with Crippen molar-refractivity contribution in [1.29, 1.82) is 0 Å². The molecule has 1 amide bonds. The molecule has 2 heterocycles. The molecule has 1 aromatic rings. The van der Waals surface area contributed by atoms with Crippen molar-refractivity contribution in [3.8, 4) is 0 Å². The fraction of sp³-hybridized carbons (Fsp3) is 0.500. The van der Waals surface area contributed by atoms with Crippen LogP contribution in [0, 0.1) is 0 Å². The summed E-state index contributed by atoms with van der Waals surface area (Å²) in [5.41, 5.74) is 0.243. The number of amides is 1. The Morgan fingerprint density at radius 1 is 1.78 bits per heavy atom. The van der Waals surface area contributed by atoms with E-state index in [9.17, 15) is 9.59 Å². The Labute approximate surface area is 114 Å². The zero-order chi connectivity index (χ0) is 13.1. The molecule has 0 spiro atoms. The molecule has 1 aliphatic rings. The molecule has 0 aromatic carbocycles. The number of thiazole rings is 1. The number of carbonyl (C=O) groups excluding carboxylic acids is 2. The maximum atomic E-state index is 11.6. The molecule has 1 saturated heterocycles. The van der Waals surface area contributed by atoms with Crippen molar-refractivity contribution in [1.82, 2.24) is 10.3 Å². The van der Waals surface area contributed by atoms with Gasteiger partial charge in [-0.2, -0.15) is 0 Å². The number of carbonyl (C=O) groups is 2. The average Bonchev–Trinajstić information content (AvgIpc) is 2.87. The van der Waals surface area contributed by atoms with Gasteiger partial charge in [-0.1, -0.05) is 0 Å². The Morgan fingerprint density at radius 2 is 2.56 bits per heavy atom. The van der Waals surface area contributed by atoms with Crippen LogP contribution in [0.2, 0.25) is 0 Å². The van der Waals surface area contributed by atoms with E-state index in [-0.39, 0.29) is 30.3 Å². The van der Waals surface area contributed by atoms with Gasteiger partial charge in [-0.3, -0.25) is 19.8 Å². The van der Waals surface area contributed by atoms with Gasteiger partial charge in [-0.25, -0.2) is 4.98 Å². The van der Waals surface area contributed by atoms with E-state index in [0.717, 1.165) is 0 Å². The first-order chi connectivity index (χ1) is 8.61. The fourth-order valence-electron chi connectivity index (χ4n) is 1.55. The van der Waals surface area contributed by atoms with Gasteiger partial charge in [-0.05, 0) is 6.92 Å². The maximum absolute atomic E-state index is 11.6. The van der Waals surface area contributed by atoms with Crippen LogP contribution in [-0.2, 0) is 20.7 Å². The summed E-state index contributed by atoms with van der Waals surface area (Å²) >= 11 is 5.55. The normalized spacial score (nSPS) is 19.3. The summed E-state index contributed by atoms with van der Waals surface area (Å²) in [6, 6.07) is 0. The summed E-state index contributed by atoms with van der Waals surface area (Å²) in [4.78, 5) is 28.6. The largest absolute Gasteiger partial charge is 0.466 e. The van der Waals surface area contributed by atoms with E-state index < -0.39 is 0 Å². The smallest absolute Gasteiger partial charge is 0.311 e. The Hall–Kier alpha value is -1.12. The van der Waals surface area contributed by atoms with Crippen LogP contribution in [0.5, 0.6) is 0 Å². The molecule has 6 nitrogen and oxygen atoms in total. The van der Waals surface area contributed by atoms with E-state index in [1.807, 2.05) is 0 Å². The van der Waals surface area contributed by atoms with Gasteiger partial charge in [0.2, 0.25) is 5.91 Å². The van der Waals surface area contributed by atoms with Gasteiger partial charge >= 0.3 is 5.97 Å². The molecule has 1 fully saturated rings. The minimum absolute atomic E-state index is 0.0768. The second-order valence-corrected chi connectivity index (χ2v) is 4.95. The predicted octanol–water partition coefficient (Wildman–Crippen LogP) is 0.398. The number of hydrogen-bond donors (Lipinski definition) is 2. The minimum Gasteiger partial charge on any atom is -0.466 e. The summed E-state index contributed by atoms with van der Waals surface area (Å²) in [6.45, 7) is 2.36. The summed E-state index contributed by atoms with van der Waals surface area (Å²) in [6.07, 6.45) is 0.122. The average molecular weight is 287 g/mol. The van der Waals surface area contributed by atoms with Crippen molar-refractivity contribution < 1.29 is 14.3 Å². The zero-order valence-corrected chi connectivity index (χ0v) is 11.5. The Morgan fingerprint density at radius 3 is 3.17 bits per heavy atom. The van der Waals surface area contributed by atoms with Gasteiger partial charge in [0, 0.05) is 5.38 Å². The van der Waals surface area contributed by atoms with Crippen LogP contribution < -0.4 is 10.2 Å². The van der Waals surface area contributed by atoms with Gasteiger partial charge in [0.1, 0.15) is 5.50 Å². The van der Waals surface area contributed by atoms with Crippen LogP contribution in [0.3, 0.4) is 0 Å². The highest BCUT2D eigenvalue weighted by Crippen LogP contribution is 2.25. The highest BCUT2D eigenvalue weighted by atomic mass is 32.1. The highest BCUT2D eigenvalue weighted by Gasteiger charge is 2.31. The van der Waals surface area contributed by atoms with Gasteiger partial charge in [0.05, 0.1) is 25.3 Å². The quantitative estimate of drug-likeness (QED) is 0.619. The number of thiol groups is 1. The Balaban J connectivity index is 2.06. The van der Waals surface area contributed by atoms with Crippen molar-refractivity contribution in [2.75, 3.05) is 18.1 Å². The standard InChI is InChI=1S/C10H13N3O3S2/c1-2-16-8(15)3-6-5-18-10(12-6)13-7(14)4-11-9(13)17/h5,9,11,17H,2-4H2,1H3. The molecule has 18 heavy (non-hydrogen) atoms. The second kappa shape index (κ2) is 5.68. The molecule has 98 valence electrons. The van der Waals surface area contributed by atoms with Crippen LogP contribution in [0.1, 0.15) is 12.6 Å². The van der Waals surface area contributed by atoms with E-state index in [0.29, 0.717) is 17.4 Å². The monoisotopic (exact) mass is 287 g/mol. The summed E-state index contributed by atoms with van der Waals surface area (Å²) in [5.74, 6) is -0.394. The Kier molecular flexibility index (Phi) is 4.20. The molecule has 2 rings (SSSR count). The molecule has 1 unspecified atom stereocenters. The summed E-state index contributed by atoms with van der Waals surface area (Å²) in [7, 11) is 0. The molecule has 0 radical (unpaired) electrons. The number of ether oxygens (including phenoxy) is 1. The van der Waals surface area contributed by atoms with Gasteiger partial charge in [0.15, 0.2) is 5.13 Å². The van der Waals surface area contributed by atoms with Crippen LogP contribution in [0.4, 0.5) is 5.13 Å². The summed E-state index contributed by atoms with van der Waals surface area (Å²) < 4.78 is 4.84. The topological polar surface area (TPSA) is 71.5 Å². The lowest BCUT2D eigenvalue weighted by molar-refractivity contribution is -0.142. The van der Waals surface area contributed by atoms with E-state index in [1.165, 1.54) is 16.2 Å². The molecule has 8 heteroatoms. The van der Waals surface area contributed by atoms with Crippen molar-refractivity contribution in [2.45, 2.75) is 18.8 Å². The first kappa shape index (κ1) is 13.3. The number of rotatable bonds is 4. The lowest BCUT2D eigenvalue weighted by Gasteiger charge is -2.16. The second-order valence-electron chi connectivity index (χ2n) is 3.62. The molecule has 1 atom stereocenters. The van der Waals surface area contributed by atoms with E-state index in [4.69, 9.17) is 4.74 Å². The Bertz CT molecular complexity index is 463. The van der Waals surface area contributed by atoms with Crippen molar-refractivity contribution in [3.05, 3.63) is 11.1 Å². The van der Waals surface area contributed by atoms with E-state index >= 15 is 0 Å². The van der Waals surface area contributed by atoms with Crippen molar-refractivity contribution >= 4 is 41.0 Å². The molecule has 1 aromatic heterocycles. The third-order valence-electron chi connectivity index (χ3n) is 2.33. The van der Waals surface area contributed by atoms with Gasteiger partial charge < -0.3 is 4.74 Å². The van der Waals surface area contributed by atoms with E-state index in [2.05, 4.69) is 22.9 Å². The molecule has 0 bridgehead atoms. The number of nitrogens with zero attached hydrogens (tertiary/aromatic N) is 2. The fourth-order valence-corrected chi connectivity index (χ4v) is 2.83. The number of aromatic nitrogens is 1. The van der Waals surface area contributed by atoms with Gasteiger partial charge in [-0.15, -0.1) is 24.0 Å². The number of nitrogens with one attached hydrogen (secondary N) is 1. The third kappa shape index (κ3) is 2.82. The molecule has 1 N–H and O–H groups in total. The van der Waals surface area contributed by atoms with Crippen LogP contribution in [-0.4, -0.2) is 35.5 Å². The zero-order valence-electron chi connectivity index (χ0n) is 9.75. The van der Waals surface area contributed by atoms with E-state index in [1.54, 1.807) is 12.3 Å². The van der Waals surface area contributed by atoms with Crippen molar-refractivity contribution in [3.63, 3.8) is 0 Å². The molecule has 1 aliphatic heterocycles. The van der Waals surface area contributed by atoms with Gasteiger partial charge in [0.25, 0.3) is 0 Å². The lowest BCUT2D eigenvalue weighted by atomic mass is 10.3. The minimum atomic E-state index is -0.362. The van der Waals surface area contributed by atoms with Crippen LogP contribution in [0.25, 0.3) is 0 Å². The lowest BCUT2D eigenvalue weighted by Crippen LogP contribution is -2.32. The number of esters is 1. The van der Waals surface area contributed by atoms with Crippen molar-refractivity contribution in [2.24, 2.45) is 0 Å².